The van der Waals surface area contributed by atoms with Gasteiger partial charge in [0.1, 0.15) is 5.75 Å². The van der Waals surface area contributed by atoms with E-state index in [1.54, 1.807) is 13.0 Å². The highest BCUT2D eigenvalue weighted by Crippen LogP contribution is 2.26. The van der Waals surface area contributed by atoms with E-state index in [0.29, 0.717) is 22.6 Å². The standard InChI is InChI=1S/C9H10N2O3S/c1-6-7(5-10)3-8(11-15(12)13)4-9(6)14-2/h3-4,11H,1-2H3,(H,12,13). The molecular weight excluding hydrogens is 216 g/mol. The molecule has 0 aliphatic carbocycles. The maximum Gasteiger partial charge on any atom is 0.259 e. The highest BCUT2D eigenvalue weighted by atomic mass is 32.2. The van der Waals surface area contributed by atoms with Crippen LogP contribution in [0.25, 0.3) is 0 Å². The Morgan fingerprint density at radius 3 is 2.73 bits per heavy atom. The Balaban J connectivity index is 3.22. The Labute approximate surface area is 90.1 Å². The number of nitrogens with one attached hydrogen (secondary N) is 1. The van der Waals surface area contributed by atoms with Gasteiger partial charge in [-0.2, -0.15) is 5.26 Å². The topological polar surface area (TPSA) is 82.3 Å². The lowest BCUT2D eigenvalue weighted by Gasteiger charge is -2.09. The molecule has 0 radical (unpaired) electrons. The van der Waals surface area contributed by atoms with Gasteiger partial charge in [-0.3, -0.25) is 9.27 Å². The van der Waals surface area contributed by atoms with Crippen LogP contribution in [0, 0.1) is 18.3 Å². The molecule has 1 aromatic carbocycles. The van der Waals surface area contributed by atoms with E-state index in [9.17, 15) is 4.21 Å². The number of ether oxygens (including phenoxy) is 1. The number of hydrogen-bond acceptors (Lipinski definition) is 3. The summed E-state index contributed by atoms with van der Waals surface area (Å²) >= 11 is -2.16. The Hall–Kier alpha value is -1.58. The van der Waals surface area contributed by atoms with Crippen LogP contribution in [-0.2, 0) is 11.3 Å². The van der Waals surface area contributed by atoms with Crippen LogP contribution >= 0.6 is 0 Å². The molecule has 5 nitrogen and oxygen atoms in total. The summed E-state index contributed by atoms with van der Waals surface area (Å²) in [7, 11) is 1.48. The molecule has 0 amide bonds. The molecule has 1 atom stereocenters. The van der Waals surface area contributed by atoms with Gasteiger partial charge in [-0.25, -0.2) is 4.21 Å². The average molecular weight is 226 g/mol. The third kappa shape index (κ3) is 2.68. The molecule has 0 bridgehead atoms. The van der Waals surface area contributed by atoms with Crippen molar-refractivity contribution in [3.05, 3.63) is 23.3 Å². The molecule has 1 rings (SSSR count). The minimum absolute atomic E-state index is 0.370. The number of nitrogens with zero attached hydrogens (tertiary/aromatic N) is 1. The molecule has 0 aliphatic heterocycles. The molecule has 0 spiro atoms. The third-order valence-corrected chi connectivity index (χ3v) is 2.32. The van der Waals surface area contributed by atoms with Crippen molar-refractivity contribution in [1.29, 1.82) is 5.26 Å². The minimum Gasteiger partial charge on any atom is -0.496 e. The zero-order chi connectivity index (χ0) is 11.4. The lowest BCUT2D eigenvalue weighted by molar-refractivity contribution is 0.412. The summed E-state index contributed by atoms with van der Waals surface area (Å²) in [6.07, 6.45) is 0. The maximum absolute atomic E-state index is 10.5. The fraction of sp³-hybridized carbons (Fsp3) is 0.222. The molecule has 0 aliphatic rings. The van der Waals surface area contributed by atoms with Crippen molar-refractivity contribution in [2.75, 3.05) is 11.8 Å². The molecular formula is C9H10N2O3S. The SMILES string of the molecule is COc1cc(NS(=O)O)cc(C#N)c1C. The normalized spacial score (nSPS) is 11.6. The Bertz CT molecular complexity index is 440. The van der Waals surface area contributed by atoms with Crippen LogP contribution in [0.4, 0.5) is 5.69 Å². The van der Waals surface area contributed by atoms with Crippen LogP contribution in [0.2, 0.25) is 0 Å². The van der Waals surface area contributed by atoms with Crippen molar-refractivity contribution in [1.82, 2.24) is 0 Å². The van der Waals surface area contributed by atoms with Crippen LogP contribution in [0.15, 0.2) is 12.1 Å². The molecule has 2 N–H and O–H groups in total. The lowest BCUT2D eigenvalue weighted by Crippen LogP contribution is -2.03. The van der Waals surface area contributed by atoms with Gasteiger partial charge in [-0.05, 0) is 13.0 Å². The molecule has 6 heteroatoms. The van der Waals surface area contributed by atoms with E-state index in [-0.39, 0.29) is 0 Å². The fourth-order valence-corrected chi connectivity index (χ4v) is 1.50. The van der Waals surface area contributed by atoms with Crippen LogP contribution in [0.1, 0.15) is 11.1 Å². The number of nitriles is 1. The van der Waals surface area contributed by atoms with Crippen molar-refractivity contribution in [2.45, 2.75) is 6.92 Å². The predicted molar refractivity (Wildman–Crippen MR) is 56.8 cm³/mol. The first kappa shape index (κ1) is 11.5. The zero-order valence-corrected chi connectivity index (χ0v) is 9.09. The molecule has 1 aromatic rings. The van der Waals surface area contributed by atoms with Crippen molar-refractivity contribution >= 4 is 17.0 Å². The molecule has 0 heterocycles. The largest absolute Gasteiger partial charge is 0.496 e. The van der Waals surface area contributed by atoms with Gasteiger partial charge < -0.3 is 4.74 Å². The van der Waals surface area contributed by atoms with Crippen molar-refractivity contribution in [3.63, 3.8) is 0 Å². The van der Waals surface area contributed by atoms with Gasteiger partial charge in [-0.15, -0.1) is 0 Å². The van der Waals surface area contributed by atoms with Crippen LogP contribution in [-0.4, -0.2) is 15.9 Å². The molecule has 80 valence electrons. The first-order chi connectivity index (χ1) is 7.08. The molecule has 0 saturated heterocycles. The minimum atomic E-state index is -2.16. The number of anilines is 1. The van der Waals surface area contributed by atoms with E-state index < -0.39 is 11.3 Å². The maximum atomic E-state index is 10.5. The third-order valence-electron chi connectivity index (χ3n) is 1.91. The van der Waals surface area contributed by atoms with E-state index in [1.165, 1.54) is 13.2 Å². The van der Waals surface area contributed by atoms with Gasteiger partial charge in [-0.1, -0.05) is 0 Å². The Morgan fingerprint density at radius 2 is 2.27 bits per heavy atom. The number of rotatable bonds is 3. The van der Waals surface area contributed by atoms with Gasteiger partial charge >= 0.3 is 0 Å². The second kappa shape index (κ2) is 4.77. The first-order valence-corrected chi connectivity index (χ1v) is 5.15. The van der Waals surface area contributed by atoms with Crippen LogP contribution in [0.3, 0.4) is 0 Å². The molecule has 15 heavy (non-hydrogen) atoms. The van der Waals surface area contributed by atoms with E-state index in [2.05, 4.69) is 4.72 Å². The highest BCUT2D eigenvalue weighted by Gasteiger charge is 2.08. The van der Waals surface area contributed by atoms with Crippen molar-refractivity contribution in [3.8, 4) is 11.8 Å². The summed E-state index contributed by atoms with van der Waals surface area (Å²) in [6, 6.07) is 5.03. The predicted octanol–water partition coefficient (Wildman–Crippen LogP) is 1.42. The summed E-state index contributed by atoms with van der Waals surface area (Å²) in [5.41, 5.74) is 1.48. The van der Waals surface area contributed by atoms with Gasteiger partial charge in [0, 0.05) is 11.6 Å². The molecule has 0 aromatic heterocycles. The van der Waals surface area contributed by atoms with Crippen LogP contribution in [0.5, 0.6) is 5.75 Å². The second-order valence-electron chi connectivity index (χ2n) is 2.81. The number of hydrogen-bond donors (Lipinski definition) is 2. The fourth-order valence-electron chi connectivity index (χ4n) is 1.18. The van der Waals surface area contributed by atoms with Gasteiger partial charge in [0.2, 0.25) is 0 Å². The van der Waals surface area contributed by atoms with Crippen LogP contribution < -0.4 is 9.46 Å². The smallest absolute Gasteiger partial charge is 0.259 e. The summed E-state index contributed by atoms with van der Waals surface area (Å²) in [6.45, 7) is 1.75. The molecule has 1 unspecified atom stereocenters. The Morgan fingerprint density at radius 1 is 1.60 bits per heavy atom. The summed E-state index contributed by atoms with van der Waals surface area (Å²) in [5, 5.41) is 8.83. The summed E-state index contributed by atoms with van der Waals surface area (Å²) in [5.74, 6) is 0.502. The van der Waals surface area contributed by atoms with Gasteiger partial charge in [0.05, 0.1) is 24.4 Å². The Kier molecular flexibility index (Phi) is 3.66. The second-order valence-corrected chi connectivity index (χ2v) is 3.52. The van der Waals surface area contributed by atoms with E-state index >= 15 is 0 Å². The van der Waals surface area contributed by atoms with Crippen molar-refractivity contribution in [2.24, 2.45) is 0 Å². The van der Waals surface area contributed by atoms with Gasteiger partial charge in [0.15, 0.2) is 0 Å². The van der Waals surface area contributed by atoms with Gasteiger partial charge in [0.25, 0.3) is 11.3 Å². The lowest BCUT2D eigenvalue weighted by atomic mass is 10.1. The van der Waals surface area contributed by atoms with E-state index in [0.717, 1.165) is 0 Å². The number of methoxy groups -OCH3 is 1. The van der Waals surface area contributed by atoms with E-state index in [4.69, 9.17) is 14.6 Å². The van der Waals surface area contributed by atoms with E-state index in [1.807, 2.05) is 6.07 Å². The first-order valence-electron chi connectivity index (χ1n) is 4.04. The summed E-state index contributed by atoms with van der Waals surface area (Å²) in [4.78, 5) is 0. The highest BCUT2D eigenvalue weighted by molar-refractivity contribution is 7.80. The molecule has 0 fully saturated rings. The van der Waals surface area contributed by atoms with Crippen molar-refractivity contribution < 1.29 is 13.5 Å². The average Bonchev–Trinajstić information content (AvgIpc) is 2.19. The summed E-state index contributed by atoms with van der Waals surface area (Å²) < 4.78 is 26.5. The zero-order valence-electron chi connectivity index (χ0n) is 8.27. The quantitative estimate of drug-likeness (QED) is 0.764. The monoisotopic (exact) mass is 226 g/mol. The number of benzene rings is 1. The molecule has 0 saturated carbocycles.